The molecular formula is C23H31FN2O4. The van der Waals surface area contributed by atoms with Crippen molar-refractivity contribution in [3.63, 3.8) is 0 Å². The predicted octanol–water partition coefficient (Wildman–Crippen LogP) is 2.63. The Labute approximate surface area is 177 Å². The van der Waals surface area contributed by atoms with Gasteiger partial charge in [0, 0.05) is 31.0 Å². The molecule has 0 aliphatic carbocycles. The fraction of sp³-hybridized carbons (Fsp3) is 0.652. The third-order valence-corrected chi connectivity index (χ3v) is 7.28. The van der Waals surface area contributed by atoms with Crippen molar-refractivity contribution in [1.82, 2.24) is 4.90 Å². The zero-order valence-corrected chi connectivity index (χ0v) is 18.1. The molecule has 1 aromatic rings. The zero-order chi connectivity index (χ0) is 21.8. The molecule has 2 amide bonds. The lowest BCUT2D eigenvalue weighted by Gasteiger charge is -2.32. The number of para-hydroxylation sites is 1. The Kier molecular flexibility index (Phi) is 5.18. The van der Waals surface area contributed by atoms with E-state index in [-0.39, 0.29) is 30.9 Å². The van der Waals surface area contributed by atoms with E-state index in [9.17, 15) is 14.7 Å². The number of likely N-dealkylation sites (tertiary alicyclic amines) is 1. The highest BCUT2D eigenvalue weighted by molar-refractivity contribution is 6.07. The second kappa shape index (κ2) is 7.31. The van der Waals surface area contributed by atoms with Crippen molar-refractivity contribution < 1.29 is 23.8 Å². The van der Waals surface area contributed by atoms with E-state index in [1.54, 1.807) is 16.8 Å². The number of anilines is 1. The number of likely N-dealkylation sites (N-methyl/N-ethyl adjacent to an activating group) is 1. The van der Waals surface area contributed by atoms with Gasteiger partial charge in [-0.2, -0.15) is 0 Å². The number of aliphatic hydroxyl groups is 1. The summed E-state index contributed by atoms with van der Waals surface area (Å²) in [6.07, 6.45) is 0.885. The summed E-state index contributed by atoms with van der Waals surface area (Å²) < 4.78 is 21.9. The average Bonchev–Trinajstić information content (AvgIpc) is 3.34. The molecule has 0 saturated carbocycles. The topological polar surface area (TPSA) is 70.1 Å². The Morgan fingerprint density at radius 2 is 2.07 bits per heavy atom. The number of carbonyl (C=O) groups is 2. The van der Waals surface area contributed by atoms with Crippen LogP contribution in [0.3, 0.4) is 0 Å². The summed E-state index contributed by atoms with van der Waals surface area (Å²) in [5, 5.41) is 9.57. The number of amides is 2. The first-order chi connectivity index (χ1) is 14.1. The molecular weight excluding hydrogens is 387 g/mol. The van der Waals surface area contributed by atoms with Crippen LogP contribution in [0.25, 0.3) is 0 Å². The maximum absolute atomic E-state index is 15.4. The van der Waals surface area contributed by atoms with Crippen LogP contribution in [0.4, 0.5) is 10.1 Å². The molecule has 0 aromatic heterocycles. The Hall–Kier alpha value is -1.99. The zero-order valence-electron chi connectivity index (χ0n) is 18.1. The van der Waals surface area contributed by atoms with Crippen molar-refractivity contribution in [2.45, 2.75) is 63.4 Å². The van der Waals surface area contributed by atoms with Crippen LogP contribution in [0.1, 0.15) is 45.6 Å². The molecule has 0 radical (unpaired) electrons. The highest BCUT2D eigenvalue weighted by Gasteiger charge is 2.66. The van der Waals surface area contributed by atoms with Gasteiger partial charge >= 0.3 is 0 Å². The van der Waals surface area contributed by atoms with Crippen molar-refractivity contribution in [2.75, 3.05) is 25.1 Å². The molecule has 4 rings (SSSR count). The largest absolute Gasteiger partial charge is 0.394 e. The van der Waals surface area contributed by atoms with Crippen molar-refractivity contribution in [3.8, 4) is 0 Å². The molecule has 3 aliphatic heterocycles. The molecule has 6 nitrogen and oxygen atoms in total. The SMILES string of the molecule is C[C@@H]1[C@@H](C(C)(C)F)[C@H](CC(=O)N2CCC[C@H]2CO)O[C@@]12C(=O)N(C)c1ccccc12. The van der Waals surface area contributed by atoms with E-state index in [1.807, 2.05) is 31.2 Å². The first kappa shape index (κ1) is 21.2. The number of hydrogen-bond donors (Lipinski definition) is 1. The lowest BCUT2D eigenvalue weighted by Crippen LogP contribution is -2.44. The van der Waals surface area contributed by atoms with Crippen molar-refractivity contribution in [2.24, 2.45) is 11.8 Å². The Balaban J connectivity index is 1.70. The summed E-state index contributed by atoms with van der Waals surface area (Å²) >= 11 is 0. The maximum Gasteiger partial charge on any atom is 0.264 e. The molecule has 0 unspecified atom stereocenters. The number of fused-ring (bicyclic) bond motifs is 2. The van der Waals surface area contributed by atoms with Crippen LogP contribution in [0.5, 0.6) is 0 Å². The molecule has 0 bridgehead atoms. The highest BCUT2D eigenvalue weighted by Crippen LogP contribution is 2.57. The van der Waals surface area contributed by atoms with Crippen molar-refractivity contribution >= 4 is 17.5 Å². The molecule has 1 spiro atoms. The second-order valence-corrected chi connectivity index (χ2v) is 9.42. The normalized spacial score (nSPS) is 33.6. The van der Waals surface area contributed by atoms with Crippen LogP contribution in [-0.2, 0) is 19.9 Å². The summed E-state index contributed by atoms with van der Waals surface area (Å²) in [5.41, 5.74) is -1.42. The summed E-state index contributed by atoms with van der Waals surface area (Å²) in [6.45, 7) is 5.36. The van der Waals surface area contributed by atoms with E-state index < -0.39 is 29.2 Å². The lowest BCUT2D eigenvalue weighted by molar-refractivity contribution is -0.150. The standard InChI is InChI=1S/C23H31FN2O4/c1-14-20(22(2,3)24)18(12-19(28)26-11-7-8-15(26)13-27)30-23(14)16-9-5-6-10-17(16)25(4)21(23)29/h5-6,9-10,14-15,18,20,27H,7-8,11-13H2,1-4H3/t14-,15+,18+,20-,23+/m1/s1. The minimum atomic E-state index is -1.63. The van der Waals surface area contributed by atoms with Gasteiger partial charge in [-0.15, -0.1) is 0 Å². The van der Waals surface area contributed by atoms with E-state index >= 15 is 4.39 Å². The summed E-state index contributed by atoms with van der Waals surface area (Å²) in [7, 11) is 1.70. The Morgan fingerprint density at radius 1 is 1.37 bits per heavy atom. The number of nitrogens with zero attached hydrogens (tertiary/aromatic N) is 2. The minimum absolute atomic E-state index is 0.000230. The third kappa shape index (κ3) is 2.97. The van der Waals surface area contributed by atoms with Gasteiger partial charge in [0.05, 0.1) is 30.9 Å². The van der Waals surface area contributed by atoms with Gasteiger partial charge in [0.25, 0.3) is 5.91 Å². The second-order valence-electron chi connectivity index (χ2n) is 9.42. The monoisotopic (exact) mass is 418 g/mol. The molecule has 1 N–H and O–H groups in total. The molecule has 2 fully saturated rings. The minimum Gasteiger partial charge on any atom is -0.394 e. The lowest BCUT2D eigenvalue weighted by atomic mass is 9.71. The number of aliphatic hydroxyl groups excluding tert-OH is 1. The van der Waals surface area contributed by atoms with Gasteiger partial charge in [-0.05, 0) is 32.8 Å². The first-order valence-corrected chi connectivity index (χ1v) is 10.8. The number of halogens is 1. The summed E-state index contributed by atoms with van der Waals surface area (Å²) in [5.74, 6) is -1.43. The van der Waals surface area contributed by atoms with Crippen molar-refractivity contribution in [3.05, 3.63) is 29.8 Å². The van der Waals surface area contributed by atoms with Crippen LogP contribution >= 0.6 is 0 Å². The number of benzene rings is 1. The van der Waals surface area contributed by atoms with Gasteiger partial charge in [0.15, 0.2) is 5.60 Å². The number of ether oxygens (including phenoxy) is 1. The fourth-order valence-corrected chi connectivity index (χ4v) is 5.95. The number of hydrogen-bond acceptors (Lipinski definition) is 4. The quantitative estimate of drug-likeness (QED) is 0.816. The molecule has 5 atom stereocenters. The first-order valence-electron chi connectivity index (χ1n) is 10.8. The number of carbonyl (C=O) groups excluding carboxylic acids is 2. The Morgan fingerprint density at radius 3 is 2.73 bits per heavy atom. The Bertz CT molecular complexity index is 854. The molecule has 3 heterocycles. The van der Waals surface area contributed by atoms with Crippen LogP contribution < -0.4 is 4.90 Å². The van der Waals surface area contributed by atoms with Crippen molar-refractivity contribution in [1.29, 1.82) is 0 Å². The summed E-state index contributed by atoms with van der Waals surface area (Å²) in [6, 6.07) is 7.25. The number of rotatable bonds is 4. The van der Waals surface area contributed by atoms with Gasteiger partial charge in [0.1, 0.15) is 5.67 Å². The van der Waals surface area contributed by atoms with E-state index in [2.05, 4.69) is 0 Å². The average molecular weight is 419 g/mol. The number of alkyl halides is 1. The van der Waals surface area contributed by atoms with Crippen LogP contribution in [-0.4, -0.2) is 59.8 Å². The van der Waals surface area contributed by atoms with Crippen LogP contribution in [0.15, 0.2) is 24.3 Å². The van der Waals surface area contributed by atoms with Gasteiger partial charge in [-0.25, -0.2) is 4.39 Å². The van der Waals surface area contributed by atoms with E-state index in [4.69, 9.17) is 4.74 Å². The molecule has 3 aliphatic rings. The maximum atomic E-state index is 15.4. The van der Waals surface area contributed by atoms with Gasteiger partial charge in [-0.3, -0.25) is 9.59 Å². The smallest absolute Gasteiger partial charge is 0.264 e. The van der Waals surface area contributed by atoms with Gasteiger partial charge in [0.2, 0.25) is 5.91 Å². The van der Waals surface area contributed by atoms with Gasteiger partial charge < -0.3 is 19.6 Å². The van der Waals surface area contributed by atoms with E-state index in [0.29, 0.717) is 6.54 Å². The van der Waals surface area contributed by atoms with E-state index in [0.717, 1.165) is 24.1 Å². The molecule has 1 aromatic carbocycles. The van der Waals surface area contributed by atoms with Gasteiger partial charge in [-0.1, -0.05) is 25.1 Å². The molecule has 30 heavy (non-hydrogen) atoms. The van der Waals surface area contributed by atoms with E-state index in [1.165, 1.54) is 13.8 Å². The molecule has 164 valence electrons. The molecule has 7 heteroatoms. The fourth-order valence-electron chi connectivity index (χ4n) is 5.95. The van der Waals surface area contributed by atoms with Crippen LogP contribution in [0, 0.1) is 11.8 Å². The highest BCUT2D eigenvalue weighted by atomic mass is 19.1. The third-order valence-electron chi connectivity index (χ3n) is 7.28. The summed E-state index contributed by atoms with van der Waals surface area (Å²) in [4.78, 5) is 29.7. The molecule has 2 saturated heterocycles. The van der Waals surface area contributed by atoms with Crippen LogP contribution in [0.2, 0.25) is 0 Å². The predicted molar refractivity (Wildman–Crippen MR) is 111 cm³/mol.